The zero-order valence-corrected chi connectivity index (χ0v) is 6.72. The zero-order chi connectivity index (χ0) is 7.94. The maximum absolute atomic E-state index is 10.5. The van der Waals surface area contributed by atoms with Gasteiger partial charge in [-0.1, -0.05) is 20.8 Å². The topological polar surface area (TPSA) is 37.3 Å². The van der Waals surface area contributed by atoms with Crippen molar-refractivity contribution in [1.29, 1.82) is 0 Å². The van der Waals surface area contributed by atoms with E-state index in [-0.39, 0.29) is 11.3 Å². The van der Waals surface area contributed by atoms with Crippen LogP contribution in [0.3, 0.4) is 0 Å². The van der Waals surface area contributed by atoms with Crippen LogP contribution in [0.4, 0.5) is 0 Å². The highest BCUT2D eigenvalue weighted by Crippen LogP contribution is 2.55. The second-order valence-electron chi connectivity index (χ2n) is 3.93. The molecule has 58 valence electrons. The van der Waals surface area contributed by atoms with Crippen LogP contribution in [0.1, 0.15) is 27.2 Å². The van der Waals surface area contributed by atoms with Crippen LogP contribution in [-0.4, -0.2) is 11.1 Å². The molecule has 0 aromatic carbocycles. The summed E-state index contributed by atoms with van der Waals surface area (Å²) in [7, 11) is 0. The van der Waals surface area contributed by atoms with E-state index in [1.54, 1.807) is 6.92 Å². The standard InChI is InChI=1S/C8H14O2/c1-5(7(9)10)6-4-8(6,2)3/h5-6H,4H2,1-3H3,(H,9,10)/t5-,6?/m1/s1. The highest BCUT2D eigenvalue weighted by atomic mass is 16.4. The molecule has 1 saturated carbocycles. The van der Waals surface area contributed by atoms with Crippen LogP contribution in [0.5, 0.6) is 0 Å². The lowest BCUT2D eigenvalue weighted by Crippen LogP contribution is -2.14. The van der Waals surface area contributed by atoms with Crippen LogP contribution in [0, 0.1) is 17.3 Å². The Labute approximate surface area is 61.2 Å². The van der Waals surface area contributed by atoms with E-state index in [0.717, 1.165) is 6.42 Å². The summed E-state index contributed by atoms with van der Waals surface area (Å²) in [5.74, 6) is -0.407. The molecule has 0 aliphatic heterocycles. The molecular weight excluding hydrogens is 128 g/mol. The van der Waals surface area contributed by atoms with Gasteiger partial charge in [0.05, 0.1) is 5.92 Å². The summed E-state index contributed by atoms with van der Waals surface area (Å²) in [5.41, 5.74) is 0.289. The van der Waals surface area contributed by atoms with Gasteiger partial charge < -0.3 is 5.11 Å². The number of carboxylic acid groups (broad SMARTS) is 1. The molecule has 0 saturated heterocycles. The van der Waals surface area contributed by atoms with E-state index >= 15 is 0 Å². The van der Waals surface area contributed by atoms with Gasteiger partial charge in [0.25, 0.3) is 0 Å². The van der Waals surface area contributed by atoms with Crippen molar-refractivity contribution in [2.45, 2.75) is 27.2 Å². The summed E-state index contributed by atoms with van der Waals surface area (Å²) in [4.78, 5) is 10.5. The third-order valence-electron chi connectivity index (χ3n) is 2.58. The summed E-state index contributed by atoms with van der Waals surface area (Å²) in [6.45, 7) is 6.04. The Bertz CT molecular complexity index is 161. The molecule has 1 N–H and O–H groups in total. The quantitative estimate of drug-likeness (QED) is 0.637. The average Bonchev–Trinajstić information content (AvgIpc) is 2.38. The van der Waals surface area contributed by atoms with Gasteiger partial charge in [0, 0.05) is 0 Å². The molecule has 0 heterocycles. The lowest BCUT2D eigenvalue weighted by Gasteiger charge is -2.06. The van der Waals surface area contributed by atoms with Gasteiger partial charge >= 0.3 is 5.97 Å². The second-order valence-corrected chi connectivity index (χ2v) is 3.93. The first-order valence-corrected chi connectivity index (χ1v) is 3.68. The minimum atomic E-state index is -0.657. The number of carbonyl (C=O) groups is 1. The van der Waals surface area contributed by atoms with Crippen molar-refractivity contribution in [1.82, 2.24) is 0 Å². The second kappa shape index (κ2) is 1.97. The number of rotatable bonds is 2. The Hall–Kier alpha value is -0.530. The normalized spacial score (nSPS) is 31.3. The lowest BCUT2D eigenvalue weighted by atomic mass is 9.99. The van der Waals surface area contributed by atoms with Crippen molar-refractivity contribution in [3.8, 4) is 0 Å². The first kappa shape index (κ1) is 7.58. The summed E-state index contributed by atoms with van der Waals surface area (Å²) >= 11 is 0. The van der Waals surface area contributed by atoms with E-state index < -0.39 is 5.97 Å². The summed E-state index contributed by atoms with van der Waals surface area (Å²) < 4.78 is 0. The number of hydrogen-bond donors (Lipinski definition) is 1. The smallest absolute Gasteiger partial charge is 0.306 e. The van der Waals surface area contributed by atoms with Crippen LogP contribution >= 0.6 is 0 Å². The molecule has 2 nitrogen and oxygen atoms in total. The zero-order valence-electron chi connectivity index (χ0n) is 6.72. The van der Waals surface area contributed by atoms with Gasteiger partial charge in [-0.3, -0.25) is 4.79 Å². The molecule has 0 radical (unpaired) electrons. The SMILES string of the molecule is C[C@@H](C(=O)O)C1CC1(C)C. The third-order valence-corrected chi connectivity index (χ3v) is 2.58. The number of carboxylic acids is 1. The molecular formula is C8H14O2. The Kier molecular flexibility index (Phi) is 1.50. The fraction of sp³-hybridized carbons (Fsp3) is 0.875. The molecule has 0 amide bonds. The van der Waals surface area contributed by atoms with Gasteiger partial charge in [-0.05, 0) is 17.8 Å². The van der Waals surface area contributed by atoms with Gasteiger partial charge in [-0.15, -0.1) is 0 Å². The van der Waals surface area contributed by atoms with Crippen molar-refractivity contribution in [3.63, 3.8) is 0 Å². The number of aliphatic carboxylic acids is 1. The van der Waals surface area contributed by atoms with Crippen molar-refractivity contribution < 1.29 is 9.90 Å². The minimum absolute atomic E-state index is 0.157. The summed E-state index contributed by atoms with van der Waals surface area (Å²) in [6, 6.07) is 0. The van der Waals surface area contributed by atoms with Crippen LogP contribution in [-0.2, 0) is 4.79 Å². The van der Waals surface area contributed by atoms with E-state index in [4.69, 9.17) is 5.11 Å². The van der Waals surface area contributed by atoms with E-state index in [1.807, 2.05) is 0 Å². The minimum Gasteiger partial charge on any atom is -0.481 e. The Balaban J connectivity index is 2.47. The fourth-order valence-electron chi connectivity index (χ4n) is 1.53. The van der Waals surface area contributed by atoms with E-state index in [9.17, 15) is 4.79 Å². The Morgan fingerprint density at radius 1 is 1.70 bits per heavy atom. The van der Waals surface area contributed by atoms with Crippen molar-refractivity contribution >= 4 is 5.97 Å². The highest BCUT2D eigenvalue weighted by molar-refractivity contribution is 5.70. The first-order valence-electron chi connectivity index (χ1n) is 3.68. The molecule has 1 unspecified atom stereocenters. The predicted molar refractivity (Wildman–Crippen MR) is 38.7 cm³/mol. The molecule has 0 aromatic heterocycles. The molecule has 1 rings (SSSR count). The first-order chi connectivity index (χ1) is 4.45. The van der Waals surface area contributed by atoms with Crippen LogP contribution in [0.2, 0.25) is 0 Å². The molecule has 0 bridgehead atoms. The molecule has 10 heavy (non-hydrogen) atoms. The van der Waals surface area contributed by atoms with Gasteiger partial charge in [-0.25, -0.2) is 0 Å². The lowest BCUT2D eigenvalue weighted by molar-refractivity contribution is -0.142. The molecule has 0 spiro atoms. The van der Waals surface area contributed by atoms with Crippen molar-refractivity contribution in [2.75, 3.05) is 0 Å². The molecule has 2 atom stereocenters. The van der Waals surface area contributed by atoms with Crippen molar-refractivity contribution in [3.05, 3.63) is 0 Å². The maximum Gasteiger partial charge on any atom is 0.306 e. The van der Waals surface area contributed by atoms with Crippen LogP contribution in [0.15, 0.2) is 0 Å². The predicted octanol–water partition coefficient (Wildman–Crippen LogP) is 1.75. The molecule has 2 heteroatoms. The van der Waals surface area contributed by atoms with E-state index in [0.29, 0.717) is 5.92 Å². The Morgan fingerprint density at radius 2 is 2.10 bits per heavy atom. The summed E-state index contributed by atoms with van der Waals surface area (Å²) in [6.07, 6.45) is 1.07. The van der Waals surface area contributed by atoms with E-state index in [2.05, 4.69) is 13.8 Å². The third kappa shape index (κ3) is 1.15. The molecule has 1 aliphatic rings. The molecule has 1 fully saturated rings. The molecule has 1 aliphatic carbocycles. The van der Waals surface area contributed by atoms with Gasteiger partial charge in [0.1, 0.15) is 0 Å². The highest BCUT2D eigenvalue weighted by Gasteiger charge is 2.50. The fourth-order valence-corrected chi connectivity index (χ4v) is 1.53. The number of hydrogen-bond acceptors (Lipinski definition) is 1. The van der Waals surface area contributed by atoms with Gasteiger partial charge in [0.15, 0.2) is 0 Å². The van der Waals surface area contributed by atoms with Gasteiger partial charge in [-0.2, -0.15) is 0 Å². The monoisotopic (exact) mass is 142 g/mol. The van der Waals surface area contributed by atoms with Crippen LogP contribution < -0.4 is 0 Å². The van der Waals surface area contributed by atoms with Crippen molar-refractivity contribution in [2.24, 2.45) is 17.3 Å². The largest absolute Gasteiger partial charge is 0.481 e. The summed E-state index contributed by atoms with van der Waals surface area (Å²) in [5, 5.41) is 8.62. The Morgan fingerprint density at radius 3 is 2.20 bits per heavy atom. The van der Waals surface area contributed by atoms with Crippen LogP contribution in [0.25, 0.3) is 0 Å². The van der Waals surface area contributed by atoms with E-state index in [1.165, 1.54) is 0 Å². The maximum atomic E-state index is 10.5. The average molecular weight is 142 g/mol. The van der Waals surface area contributed by atoms with Gasteiger partial charge in [0.2, 0.25) is 0 Å². The molecule has 0 aromatic rings.